The zero-order valence-corrected chi connectivity index (χ0v) is 21.1. The maximum Gasteiger partial charge on any atom is 0.123 e. The minimum atomic E-state index is -0.545. The number of para-hydroxylation sites is 1. The van der Waals surface area contributed by atoms with Crippen LogP contribution in [0.25, 0.3) is 32.9 Å². The average Bonchev–Trinajstić information content (AvgIpc) is 3.25. The van der Waals surface area contributed by atoms with Crippen molar-refractivity contribution >= 4 is 21.8 Å². The van der Waals surface area contributed by atoms with Gasteiger partial charge in [-0.05, 0) is 53.9 Å². The first-order valence-corrected chi connectivity index (χ1v) is 13.1. The number of hydrogen-bond donors (Lipinski definition) is 1. The van der Waals surface area contributed by atoms with E-state index in [9.17, 15) is 9.50 Å². The summed E-state index contributed by atoms with van der Waals surface area (Å²) in [4.78, 5) is 4.81. The van der Waals surface area contributed by atoms with E-state index in [1.54, 1.807) is 0 Å². The van der Waals surface area contributed by atoms with Crippen LogP contribution in [-0.2, 0) is 6.54 Å². The van der Waals surface area contributed by atoms with Crippen molar-refractivity contribution in [2.45, 2.75) is 25.7 Å². The summed E-state index contributed by atoms with van der Waals surface area (Å²) < 4.78 is 15.6. The molecule has 4 nitrogen and oxygen atoms in total. The highest BCUT2D eigenvalue weighted by atomic mass is 19.1. The molecule has 0 aliphatic carbocycles. The Morgan fingerprint density at radius 3 is 2.14 bits per heavy atom. The molecule has 4 aromatic carbocycles. The lowest BCUT2D eigenvalue weighted by molar-refractivity contribution is -0.00679. The zero-order valence-electron chi connectivity index (χ0n) is 21.1. The van der Waals surface area contributed by atoms with Crippen LogP contribution in [0.2, 0.25) is 0 Å². The highest BCUT2D eigenvalue weighted by Crippen LogP contribution is 2.37. The molecule has 1 saturated heterocycles. The predicted octanol–water partition coefficient (Wildman–Crippen LogP) is 6.30. The number of rotatable bonds is 6. The lowest BCUT2D eigenvalue weighted by atomic mass is 10.0. The van der Waals surface area contributed by atoms with E-state index in [2.05, 4.69) is 81.1 Å². The Morgan fingerprint density at radius 2 is 1.41 bits per heavy atom. The van der Waals surface area contributed by atoms with Gasteiger partial charge in [-0.15, -0.1) is 0 Å². The number of piperazine rings is 1. The van der Waals surface area contributed by atoms with Crippen LogP contribution in [0.15, 0.2) is 97.1 Å². The summed E-state index contributed by atoms with van der Waals surface area (Å²) in [5, 5.41) is 13.5. The van der Waals surface area contributed by atoms with Crippen molar-refractivity contribution in [3.8, 4) is 11.1 Å². The Morgan fingerprint density at radius 1 is 0.730 bits per heavy atom. The summed E-state index contributed by atoms with van der Waals surface area (Å²) in [5.41, 5.74) is 5.80. The molecule has 188 valence electrons. The number of aliphatic hydroxyl groups is 1. The maximum absolute atomic E-state index is 13.3. The lowest BCUT2D eigenvalue weighted by Gasteiger charge is -2.41. The van der Waals surface area contributed by atoms with Crippen LogP contribution in [0.1, 0.15) is 18.7 Å². The van der Waals surface area contributed by atoms with Crippen LogP contribution < -0.4 is 0 Å². The van der Waals surface area contributed by atoms with Gasteiger partial charge in [-0.25, -0.2) is 4.39 Å². The molecule has 1 N–H and O–H groups in total. The van der Waals surface area contributed by atoms with E-state index in [-0.39, 0.29) is 12.0 Å². The van der Waals surface area contributed by atoms with Gasteiger partial charge in [0.1, 0.15) is 12.0 Å². The predicted molar refractivity (Wildman–Crippen MR) is 149 cm³/mol. The first-order valence-electron chi connectivity index (χ1n) is 13.1. The van der Waals surface area contributed by atoms with Gasteiger partial charge in [0.25, 0.3) is 0 Å². The highest BCUT2D eigenvalue weighted by molar-refractivity contribution is 6.09. The number of aliphatic hydroxyl groups excluding tert-OH is 1. The highest BCUT2D eigenvalue weighted by Gasteiger charge is 2.30. The summed E-state index contributed by atoms with van der Waals surface area (Å²) >= 11 is 0. The molecule has 0 radical (unpaired) electrons. The third kappa shape index (κ3) is 4.66. The van der Waals surface area contributed by atoms with Crippen LogP contribution in [0.4, 0.5) is 4.39 Å². The van der Waals surface area contributed by atoms with Gasteiger partial charge in [-0.2, -0.15) is 0 Å². The Bertz CT molecular complexity index is 1500. The van der Waals surface area contributed by atoms with E-state index < -0.39 is 6.10 Å². The van der Waals surface area contributed by atoms with Crippen molar-refractivity contribution in [3.05, 3.63) is 108 Å². The van der Waals surface area contributed by atoms with Crippen LogP contribution in [-0.4, -0.2) is 51.8 Å². The monoisotopic (exact) mass is 493 g/mol. The first kappa shape index (κ1) is 23.9. The molecule has 0 bridgehead atoms. The second kappa shape index (κ2) is 10.1. The van der Waals surface area contributed by atoms with Crippen molar-refractivity contribution in [2.75, 3.05) is 26.2 Å². The smallest absolute Gasteiger partial charge is 0.123 e. The number of fused-ring (bicyclic) bond motifs is 3. The van der Waals surface area contributed by atoms with Gasteiger partial charge >= 0.3 is 0 Å². The fourth-order valence-electron chi connectivity index (χ4n) is 5.82. The molecular formula is C32H32FN3O. The van der Waals surface area contributed by atoms with E-state index in [0.29, 0.717) is 0 Å². The van der Waals surface area contributed by atoms with Crippen LogP contribution in [0.5, 0.6) is 0 Å². The van der Waals surface area contributed by atoms with Crippen molar-refractivity contribution in [1.29, 1.82) is 0 Å². The molecule has 2 unspecified atom stereocenters. The van der Waals surface area contributed by atoms with Gasteiger partial charge < -0.3 is 9.67 Å². The van der Waals surface area contributed by atoms with E-state index in [1.807, 2.05) is 25.1 Å². The molecule has 2 heterocycles. The Hall–Kier alpha value is -3.51. The van der Waals surface area contributed by atoms with Crippen LogP contribution >= 0.6 is 0 Å². The zero-order chi connectivity index (χ0) is 25.4. The Kier molecular flexibility index (Phi) is 6.51. The molecule has 1 aromatic heterocycles. The number of halogens is 1. The van der Waals surface area contributed by atoms with Gasteiger partial charge in [-0.3, -0.25) is 9.80 Å². The molecule has 5 aromatic rings. The Balaban J connectivity index is 1.33. The molecule has 0 amide bonds. The molecule has 0 saturated carbocycles. The molecule has 6 rings (SSSR count). The number of nitrogens with zero attached hydrogens (tertiary/aromatic N) is 3. The summed E-state index contributed by atoms with van der Waals surface area (Å²) in [7, 11) is 0. The molecule has 1 aliphatic rings. The van der Waals surface area contributed by atoms with Crippen molar-refractivity contribution in [1.82, 2.24) is 14.4 Å². The molecular weight excluding hydrogens is 461 g/mol. The van der Waals surface area contributed by atoms with Crippen molar-refractivity contribution in [3.63, 3.8) is 0 Å². The van der Waals surface area contributed by atoms with Gasteiger partial charge in [-0.1, -0.05) is 66.7 Å². The maximum atomic E-state index is 13.3. The van der Waals surface area contributed by atoms with Crippen LogP contribution in [0.3, 0.4) is 0 Å². The molecule has 5 heteroatoms. The normalized spacial score (nSPS) is 16.8. The second-order valence-electron chi connectivity index (χ2n) is 10.1. The molecule has 37 heavy (non-hydrogen) atoms. The van der Waals surface area contributed by atoms with Gasteiger partial charge in [0.05, 0.1) is 17.1 Å². The number of aromatic nitrogens is 1. The molecule has 1 aliphatic heterocycles. The Labute approximate surface area is 217 Å². The first-order chi connectivity index (χ1) is 18.1. The van der Waals surface area contributed by atoms with E-state index in [4.69, 9.17) is 0 Å². The number of hydrogen-bond acceptors (Lipinski definition) is 3. The molecule has 2 atom stereocenters. The fourth-order valence-corrected chi connectivity index (χ4v) is 5.82. The van der Waals surface area contributed by atoms with Gasteiger partial charge in [0.2, 0.25) is 0 Å². The fraction of sp³-hybridized carbons (Fsp3) is 0.250. The average molecular weight is 494 g/mol. The summed E-state index contributed by atoms with van der Waals surface area (Å²) in [6.07, 6.45) is -0.714. The van der Waals surface area contributed by atoms with Crippen molar-refractivity contribution in [2.24, 2.45) is 0 Å². The number of benzene rings is 4. The van der Waals surface area contributed by atoms with Gasteiger partial charge in [0.15, 0.2) is 0 Å². The molecule has 1 fully saturated rings. The summed E-state index contributed by atoms with van der Waals surface area (Å²) in [5.74, 6) is -0.199. The topological polar surface area (TPSA) is 31.6 Å². The minimum absolute atomic E-state index is 0.169. The summed E-state index contributed by atoms with van der Waals surface area (Å²) in [6, 6.07) is 32.4. The SMILES string of the molecule is CC(O)C(N1CCN(Cc2ccc(F)cc2)CC1)n1c2ccccc2c2cc(-c3ccccc3)ccc21. The molecule has 0 spiro atoms. The van der Waals surface area contributed by atoms with E-state index in [1.165, 1.54) is 34.0 Å². The third-order valence-electron chi connectivity index (χ3n) is 7.61. The van der Waals surface area contributed by atoms with Crippen LogP contribution in [0, 0.1) is 5.82 Å². The standard InChI is InChI=1S/C32H32FN3O/c1-23(37)32(35-19-17-34(18-20-35)22-24-11-14-27(33)15-12-24)36-30-10-6-5-9-28(30)29-21-26(13-16-31(29)36)25-7-3-2-4-8-25/h2-16,21,23,32,37H,17-20,22H2,1H3. The lowest BCUT2D eigenvalue weighted by Crippen LogP contribution is -2.50. The van der Waals surface area contributed by atoms with E-state index >= 15 is 0 Å². The summed E-state index contributed by atoms with van der Waals surface area (Å²) in [6.45, 7) is 6.21. The minimum Gasteiger partial charge on any atom is -0.390 e. The van der Waals surface area contributed by atoms with Crippen molar-refractivity contribution < 1.29 is 9.50 Å². The largest absolute Gasteiger partial charge is 0.390 e. The van der Waals surface area contributed by atoms with Gasteiger partial charge in [0, 0.05) is 43.5 Å². The second-order valence-corrected chi connectivity index (χ2v) is 10.1. The van der Waals surface area contributed by atoms with E-state index in [0.717, 1.165) is 49.3 Å². The third-order valence-corrected chi connectivity index (χ3v) is 7.61. The quantitative estimate of drug-likeness (QED) is 0.301.